The van der Waals surface area contributed by atoms with Gasteiger partial charge in [0.1, 0.15) is 17.7 Å². The number of carbonyl (C=O) groups is 3. The quantitative estimate of drug-likeness (QED) is 0.389. The van der Waals surface area contributed by atoms with Crippen molar-refractivity contribution in [2.24, 2.45) is 5.73 Å². The molecule has 2 rings (SSSR count). The topological polar surface area (TPSA) is 154 Å². The molecule has 0 saturated carbocycles. The van der Waals surface area contributed by atoms with Crippen LogP contribution in [0.15, 0.2) is 29.8 Å². The van der Waals surface area contributed by atoms with Crippen LogP contribution in [0.3, 0.4) is 0 Å². The third-order valence-electron chi connectivity index (χ3n) is 3.76. The summed E-state index contributed by atoms with van der Waals surface area (Å²) in [6.45, 7) is -0.419. The van der Waals surface area contributed by atoms with E-state index in [1.54, 1.807) is 0 Å². The fraction of sp³-hybridized carbons (Fsp3) is 0.312. The number of halogens is 2. The van der Waals surface area contributed by atoms with Crippen molar-refractivity contribution in [3.8, 4) is 0 Å². The predicted octanol–water partition coefficient (Wildman–Crippen LogP) is -0.892. The number of anilines is 1. The molecule has 0 aliphatic heterocycles. The van der Waals surface area contributed by atoms with E-state index in [-0.39, 0.29) is 17.7 Å². The van der Waals surface area contributed by atoms with Gasteiger partial charge in [-0.1, -0.05) is 6.08 Å². The second kappa shape index (κ2) is 8.56. The molecule has 0 bridgehead atoms. The number of benzene rings is 1. The predicted molar refractivity (Wildman–Crippen MR) is 89.2 cm³/mol. The minimum atomic E-state index is -1.43. The zero-order chi connectivity index (χ0) is 20.1. The summed E-state index contributed by atoms with van der Waals surface area (Å²) in [7, 11) is 0. The molecule has 0 fully saturated rings. The Kier molecular flexibility index (Phi) is 6.42. The molecule has 0 aromatic heterocycles. The Morgan fingerprint density at radius 2 is 1.93 bits per heavy atom. The number of primary amides is 1. The molecular formula is C16H18F2N4O5. The van der Waals surface area contributed by atoms with Crippen molar-refractivity contribution in [2.75, 3.05) is 11.9 Å². The number of aliphatic hydroxyl groups excluding tert-OH is 2. The van der Waals surface area contributed by atoms with E-state index in [2.05, 4.69) is 16.0 Å². The first-order valence-corrected chi connectivity index (χ1v) is 7.83. The summed E-state index contributed by atoms with van der Waals surface area (Å²) in [5, 5.41) is 26.5. The Morgan fingerprint density at radius 1 is 1.22 bits per heavy atom. The molecule has 27 heavy (non-hydrogen) atoms. The van der Waals surface area contributed by atoms with Gasteiger partial charge >= 0.3 is 6.03 Å². The van der Waals surface area contributed by atoms with Crippen molar-refractivity contribution in [1.29, 1.82) is 0 Å². The number of rotatable bonds is 5. The molecule has 0 radical (unpaired) electrons. The van der Waals surface area contributed by atoms with Gasteiger partial charge in [0.2, 0.25) is 11.8 Å². The molecule has 0 heterocycles. The van der Waals surface area contributed by atoms with Gasteiger partial charge in [-0.25, -0.2) is 13.6 Å². The zero-order valence-corrected chi connectivity index (χ0v) is 13.9. The third kappa shape index (κ3) is 5.46. The molecule has 146 valence electrons. The normalized spacial score (nSPS) is 21.8. The molecule has 11 heteroatoms. The smallest absolute Gasteiger partial charge is 0.319 e. The molecule has 9 nitrogen and oxygen atoms in total. The molecule has 1 aliphatic carbocycles. The number of urea groups is 1. The minimum absolute atomic E-state index is 0.0207. The van der Waals surface area contributed by atoms with E-state index >= 15 is 0 Å². The van der Waals surface area contributed by atoms with Crippen LogP contribution >= 0.6 is 0 Å². The Balaban J connectivity index is 2.07. The highest BCUT2D eigenvalue weighted by molar-refractivity contribution is 5.96. The highest BCUT2D eigenvalue weighted by Gasteiger charge is 2.33. The largest absolute Gasteiger partial charge is 0.390 e. The summed E-state index contributed by atoms with van der Waals surface area (Å²) in [5.41, 5.74) is 4.64. The second-order valence-corrected chi connectivity index (χ2v) is 5.85. The number of nitrogens with two attached hydrogens (primary N) is 1. The SMILES string of the molecule is NC(=O)CNC(=O)C1=C[C@H](NC(=O)Nc2ccc(F)cc2F)[C@@H](O)[C@H](O)C1. The maximum Gasteiger partial charge on any atom is 0.319 e. The average Bonchev–Trinajstić information content (AvgIpc) is 2.59. The lowest BCUT2D eigenvalue weighted by atomic mass is 9.90. The maximum absolute atomic E-state index is 13.6. The Morgan fingerprint density at radius 3 is 2.56 bits per heavy atom. The first kappa shape index (κ1) is 20.3. The fourth-order valence-corrected chi connectivity index (χ4v) is 2.45. The summed E-state index contributed by atoms with van der Waals surface area (Å²) in [5.74, 6) is -3.29. The number of aliphatic hydroxyl groups is 2. The van der Waals surface area contributed by atoms with Gasteiger partial charge in [0.25, 0.3) is 0 Å². The third-order valence-corrected chi connectivity index (χ3v) is 3.76. The first-order chi connectivity index (χ1) is 12.7. The van der Waals surface area contributed by atoms with E-state index in [0.29, 0.717) is 6.07 Å². The van der Waals surface area contributed by atoms with Crippen molar-refractivity contribution in [3.63, 3.8) is 0 Å². The number of hydrogen-bond acceptors (Lipinski definition) is 5. The van der Waals surface area contributed by atoms with Crippen molar-refractivity contribution < 1.29 is 33.4 Å². The van der Waals surface area contributed by atoms with Crippen LogP contribution in [0.5, 0.6) is 0 Å². The molecule has 0 unspecified atom stereocenters. The molecule has 1 aliphatic rings. The van der Waals surface area contributed by atoms with E-state index in [0.717, 1.165) is 12.1 Å². The average molecular weight is 384 g/mol. The number of carbonyl (C=O) groups excluding carboxylic acids is 3. The lowest BCUT2D eigenvalue weighted by Gasteiger charge is -2.31. The molecule has 0 spiro atoms. The van der Waals surface area contributed by atoms with Crippen LogP contribution in [0.4, 0.5) is 19.3 Å². The van der Waals surface area contributed by atoms with Gasteiger partial charge in [-0.2, -0.15) is 0 Å². The van der Waals surface area contributed by atoms with Gasteiger partial charge in [-0.3, -0.25) is 9.59 Å². The van der Waals surface area contributed by atoms with Crippen molar-refractivity contribution >= 4 is 23.5 Å². The summed E-state index contributed by atoms with van der Waals surface area (Å²) in [4.78, 5) is 34.7. The molecule has 4 amide bonds. The van der Waals surface area contributed by atoms with Crippen LogP contribution in [0, 0.1) is 11.6 Å². The maximum atomic E-state index is 13.6. The Bertz CT molecular complexity index is 786. The van der Waals surface area contributed by atoms with Crippen LogP contribution in [0.25, 0.3) is 0 Å². The van der Waals surface area contributed by atoms with Crippen molar-refractivity contribution in [1.82, 2.24) is 10.6 Å². The molecule has 0 saturated heterocycles. The van der Waals surface area contributed by atoms with Gasteiger partial charge in [0.15, 0.2) is 0 Å². The minimum Gasteiger partial charge on any atom is -0.390 e. The molecular weight excluding hydrogens is 366 g/mol. The summed E-state index contributed by atoms with van der Waals surface area (Å²) in [6.07, 6.45) is -1.80. The van der Waals surface area contributed by atoms with Gasteiger partial charge in [0.05, 0.1) is 24.4 Å². The second-order valence-electron chi connectivity index (χ2n) is 5.85. The Hall–Kier alpha value is -3.05. The van der Waals surface area contributed by atoms with E-state index in [4.69, 9.17) is 5.73 Å². The monoisotopic (exact) mass is 384 g/mol. The lowest BCUT2D eigenvalue weighted by Crippen LogP contribution is -2.52. The van der Waals surface area contributed by atoms with Crippen LogP contribution in [-0.2, 0) is 9.59 Å². The fourth-order valence-electron chi connectivity index (χ4n) is 2.45. The first-order valence-electron chi connectivity index (χ1n) is 7.83. The van der Waals surface area contributed by atoms with Gasteiger partial charge in [-0.15, -0.1) is 0 Å². The summed E-state index contributed by atoms with van der Waals surface area (Å²) >= 11 is 0. The number of hydrogen-bond donors (Lipinski definition) is 6. The molecule has 1 aromatic rings. The summed E-state index contributed by atoms with van der Waals surface area (Å²) < 4.78 is 26.5. The van der Waals surface area contributed by atoms with Gasteiger partial charge in [-0.05, 0) is 12.1 Å². The lowest BCUT2D eigenvalue weighted by molar-refractivity contribution is -0.123. The van der Waals surface area contributed by atoms with E-state index in [1.165, 1.54) is 6.08 Å². The van der Waals surface area contributed by atoms with Crippen molar-refractivity contribution in [3.05, 3.63) is 41.5 Å². The van der Waals surface area contributed by atoms with Crippen LogP contribution in [-0.4, -0.2) is 52.9 Å². The zero-order valence-electron chi connectivity index (χ0n) is 13.9. The standard InChI is InChI=1S/C16H18F2N4O5/c17-8-1-2-10(9(18)5-8)21-16(27)22-11-3-7(4-12(23)14(11)25)15(26)20-6-13(19)24/h1-3,5,11-12,14,23,25H,4,6H2,(H2,19,24)(H,20,26)(H2,21,22,27)/t11-,12+,14+/m0/s1. The van der Waals surface area contributed by atoms with Crippen molar-refractivity contribution in [2.45, 2.75) is 24.7 Å². The van der Waals surface area contributed by atoms with Gasteiger partial charge in [0, 0.05) is 18.1 Å². The van der Waals surface area contributed by atoms with E-state index in [9.17, 15) is 33.4 Å². The molecule has 3 atom stereocenters. The molecule has 1 aromatic carbocycles. The van der Waals surface area contributed by atoms with Crippen LogP contribution in [0.1, 0.15) is 6.42 Å². The van der Waals surface area contributed by atoms with E-state index < -0.39 is 54.3 Å². The molecule has 7 N–H and O–H groups in total. The van der Waals surface area contributed by atoms with Crippen LogP contribution < -0.4 is 21.7 Å². The highest BCUT2D eigenvalue weighted by atomic mass is 19.1. The van der Waals surface area contributed by atoms with Crippen LogP contribution in [0.2, 0.25) is 0 Å². The summed E-state index contributed by atoms with van der Waals surface area (Å²) in [6, 6.07) is 0.405. The number of amides is 4. The number of nitrogens with one attached hydrogen (secondary N) is 3. The van der Waals surface area contributed by atoms with Gasteiger partial charge < -0.3 is 31.9 Å². The van der Waals surface area contributed by atoms with E-state index in [1.807, 2.05) is 0 Å². The Labute approximate surface area is 152 Å². The highest BCUT2D eigenvalue weighted by Crippen LogP contribution is 2.20.